The van der Waals surface area contributed by atoms with Gasteiger partial charge < -0.3 is 0 Å². The number of allylic oxidation sites excluding steroid dienone is 3. The molecule has 0 saturated heterocycles. The third-order valence-corrected chi connectivity index (χ3v) is 4.20. The lowest BCUT2D eigenvalue weighted by atomic mass is 9.58. The van der Waals surface area contributed by atoms with Crippen molar-refractivity contribution < 1.29 is 4.79 Å². The van der Waals surface area contributed by atoms with Crippen LogP contribution in [-0.2, 0) is 4.79 Å². The smallest absolute Gasteiger partial charge is 0.140 e. The summed E-state index contributed by atoms with van der Waals surface area (Å²) in [4.78, 5) is 12.1. The van der Waals surface area contributed by atoms with E-state index in [1.54, 1.807) is 0 Å². The van der Waals surface area contributed by atoms with Crippen molar-refractivity contribution >= 4 is 11.4 Å². The summed E-state index contributed by atoms with van der Waals surface area (Å²) in [5.74, 6) is 1.01. The largest absolute Gasteiger partial charge is 0.299 e. The minimum absolute atomic E-state index is 0.145. The van der Waals surface area contributed by atoms with Crippen LogP contribution in [0.15, 0.2) is 48.1 Å². The van der Waals surface area contributed by atoms with Gasteiger partial charge >= 0.3 is 0 Å². The molecule has 18 heavy (non-hydrogen) atoms. The SMILES string of the molecule is C=C(C)C1=C(c2ccccc2)[C@@H]2CCCC(=O)[C@H]12. The molecule has 0 N–H and O–H groups in total. The van der Waals surface area contributed by atoms with E-state index in [0.29, 0.717) is 11.7 Å². The second-order valence-electron chi connectivity index (χ2n) is 5.42. The van der Waals surface area contributed by atoms with E-state index < -0.39 is 0 Å². The van der Waals surface area contributed by atoms with Gasteiger partial charge in [0.25, 0.3) is 0 Å². The average molecular weight is 238 g/mol. The van der Waals surface area contributed by atoms with Crippen molar-refractivity contribution in [3.8, 4) is 0 Å². The van der Waals surface area contributed by atoms with Crippen LogP contribution in [0.2, 0.25) is 0 Å². The van der Waals surface area contributed by atoms with Crippen LogP contribution in [0.1, 0.15) is 31.7 Å². The van der Waals surface area contributed by atoms with E-state index in [0.717, 1.165) is 24.8 Å². The molecule has 92 valence electrons. The zero-order valence-electron chi connectivity index (χ0n) is 10.8. The standard InChI is InChI=1S/C17H18O/c1-11(2)15-16(12-7-4-3-5-8-12)13-9-6-10-14(18)17(13)15/h3-5,7-8,13,17H,1,6,9-10H2,2H3/t13-,17+/m0/s1. The lowest BCUT2D eigenvalue weighted by Gasteiger charge is -2.45. The Bertz CT molecular complexity index is 536. The average Bonchev–Trinajstić information content (AvgIpc) is 2.32. The Kier molecular flexibility index (Phi) is 2.70. The van der Waals surface area contributed by atoms with E-state index in [4.69, 9.17) is 0 Å². The van der Waals surface area contributed by atoms with Gasteiger partial charge in [0.15, 0.2) is 0 Å². The lowest BCUT2D eigenvalue weighted by Crippen LogP contribution is -2.39. The number of ketones is 1. The summed E-state index contributed by atoms with van der Waals surface area (Å²) in [6, 6.07) is 10.5. The molecule has 0 spiro atoms. The molecular weight excluding hydrogens is 220 g/mol. The molecule has 1 aromatic carbocycles. The van der Waals surface area contributed by atoms with Crippen LogP contribution in [0, 0.1) is 11.8 Å². The van der Waals surface area contributed by atoms with Crippen molar-refractivity contribution in [3.63, 3.8) is 0 Å². The van der Waals surface area contributed by atoms with E-state index in [-0.39, 0.29) is 5.92 Å². The molecule has 2 atom stereocenters. The number of rotatable bonds is 2. The van der Waals surface area contributed by atoms with Crippen LogP contribution < -0.4 is 0 Å². The summed E-state index contributed by atoms with van der Waals surface area (Å²) in [6.07, 6.45) is 2.94. The van der Waals surface area contributed by atoms with Crippen molar-refractivity contribution in [2.75, 3.05) is 0 Å². The molecule has 2 aliphatic carbocycles. The summed E-state index contributed by atoms with van der Waals surface area (Å²) < 4.78 is 0. The molecule has 2 aliphatic rings. The molecule has 1 aromatic rings. The molecule has 0 aromatic heterocycles. The lowest BCUT2D eigenvalue weighted by molar-refractivity contribution is -0.125. The second-order valence-corrected chi connectivity index (χ2v) is 5.42. The Hall–Kier alpha value is -1.63. The maximum absolute atomic E-state index is 12.1. The number of benzene rings is 1. The Morgan fingerprint density at radius 2 is 2.00 bits per heavy atom. The fraction of sp³-hybridized carbons (Fsp3) is 0.353. The van der Waals surface area contributed by atoms with Crippen LogP contribution in [0.3, 0.4) is 0 Å². The molecule has 0 amide bonds. The van der Waals surface area contributed by atoms with E-state index in [9.17, 15) is 4.79 Å². The van der Waals surface area contributed by atoms with Gasteiger partial charge in [0.2, 0.25) is 0 Å². The van der Waals surface area contributed by atoms with Crippen LogP contribution in [-0.4, -0.2) is 5.78 Å². The topological polar surface area (TPSA) is 17.1 Å². The van der Waals surface area contributed by atoms with Gasteiger partial charge in [0, 0.05) is 6.42 Å². The third kappa shape index (κ3) is 1.58. The zero-order valence-corrected chi connectivity index (χ0v) is 10.8. The van der Waals surface area contributed by atoms with Gasteiger partial charge in [-0.1, -0.05) is 42.5 Å². The first-order valence-corrected chi connectivity index (χ1v) is 6.68. The maximum atomic E-state index is 12.1. The number of carbonyl (C=O) groups is 1. The molecule has 0 heterocycles. The molecule has 0 aliphatic heterocycles. The van der Waals surface area contributed by atoms with Gasteiger partial charge in [-0.3, -0.25) is 4.79 Å². The van der Waals surface area contributed by atoms with Gasteiger partial charge in [-0.05, 0) is 42.4 Å². The van der Waals surface area contributed by atoms with Gasteiger partial charge in [-0.15, -0.1) is 0 Å². The van der Waals surface area contributed by atoms with Crippen LogP contribution >= 0.6 is 0 Å². The number of fused-ring (bicyclic) bond motifs is 1. The predicted molar refractivity (Wildman–Crippen MR) is 74.0 cm³/mol. The maximum Gasteiger partial charge on any atom is 0.140 e. The molecule has 0 bridgehead atoms. The Morgan fingerprint density at radius 1 is 1.28 bits per heavy atom. The van der Waals surface area contributed by atoms with Gasteiger partial charge in [-0.25, -0.2) is 0 Å². The highest BCUT2D eigenvalue weighted by molar-refractivity contribution is 5.97. The van der Waals surface area contributed by atoms with Crippen LogP contribution in [0.25, 0.3) is 5.57 Å². The molecular formula is C17H18O. The molecule has 3 rings (SSSR count). The molecule has 0 radical (unpaired) electrons. The molecule has 0 unspecified atom stereocenters. The third-order valence-electron chi connectivity index (χ3n) is 4.20. The monoisotopic (exact) mass is 238 g/mol. The number of hydrogen-bond acceptors (Lipinski definition) is 1. The Labute approximate surface area is 108 Å². The van der Waals surface area contributed by atoms with Gasteiger partial charge in [-0.2, -0.15) is 0 Å². The second kappa shape index (κ2) is 4.24. The summed E-state index contributed by atoms with van der Waals surface area (Å²) in [5, 5.41) is 0. The Morgan fingerprint density at radius 3 is 2.67 bits per heavy atom. The first-order valence-electron chi connectivity index (χ1n) is 6.68. The molecule has 1 fully saturated rings. The first-order chi connectivity index (χ1) is 8.70. The van der Waals surface area contributed by atoms with E-state index in [2.05, 4.69) is 30.8 Å². The number of Topliss-reactive ketones (excluding diaryl/α,β-unsaturated/α-hetero) is 1. The molecule has 1 saturated carbocycles. The number of hydrogen-bond donors (Lipinski definition) is 0. The highest BCUT2D eigenvalue weighted by Crippen LogP contribution is 2.54. The van der Waals surface area contributed by atoms with Crippen molar-refractivity contribution in [1.82, 2.24) is 0 Å². The van der Waals surface area contributed by atoms with E-state index in [1.165, 1.54) is 16.7 Å². The fourth-order valence-electron chi connectivity index (χ4n) is 3.47. The normalized spacial score (nSPS) is 26.6. The van der Waals surface area contributed by atoms with Gasteiger partial charge in [0.05, 0.1) is 5.92 Å². The Balaban J connectivity index is 2.10. The zero-order chi connectivity index (χ0) is 12.7. The highest BCUT2D eigenvalue weighted by atomic mass is 16.1. The number of carbonyl (C=O) groups excluding carboxylic acids is 1. The summed E-state index contributed by atoms with van der Waals surface area (Å²) in [5.41, 5.74) is 4.92. The predicted octanol–water partition coefficient (Wildman–Crippen LogP) is 4.02. The van der Waals surface area contributed by atoms with Crippen LogP contribution in [0.5, 0.6) is 0 Å². The summed E-state index contributed by atoms with van der Waals surface area (Å²) in [7, 11) is 0. The first kappa shape index (κ1) is 11.5. The molecule has 1 nitrogen and oxygen atoms in total. The fourth-order valence-corrected chi connectivity index (χ4v) is 3.47. The van der Waals surface area contributed by atoms with Crippen LogP contribution in [0.4, 0.5) is 0 Å². The summed E-state index contributed by atoms with van der Waals surface area (Å²) in [6.45, 7) is 6.09. The van der Waals surface area contributed by atoms with Crippen molar-refractivity contribution in [2.24, 2.45) is 11.8 Å². The van der Waals surface area contributed by atoms with Crippen molar-refractivity contribution in [3.05, 3.63) is 53.6 Å². The van der Waals surface area contributed by atoms with Gasteiger partial charge in [0.1, 0.15) is 5.78 Å². The minimum atomic E-state index is 0.145. The van der Waals surface area contributed by atoms with Crippen molar-refractivity contribution in [1.29, 1.82) is 0 Å². The minimum Gasteiger partial charge on any atom is -0.299 e. The molecule has 1 heteroatoms. The van der Waals surface area contributed by atoms with Crippen molar-refractivity contribution in [2.45, 2.75) is 26.2 Å². The summed E-state index contributed by atoms with van der Waals surface area (Å²) >= 11 is 0. The highest BCUT2D eigenvalue weighted by Gasteiger charge is 2.46. The van der Waals surface area contributed by atoms with E-state index in [1.807, 2.05) is 13.0 Å². The van der Waals surface area contributed by atoms with E-state index >= 15 is 0 Å². The quantitative estimate of drug-likeness (QED) is 0.760.